The Bertz CT molecular complexity index is 948. The van der Waals surface area contributed by atoms with Gasteiger partial charge in [0.2, 0.25) is 5.95 Å². The highest BCUT2D eigenvalue weighted by molar-refractivity contribution is 5.73. The molecule has 1 saturated carbocycles. The van der Waals surface area contributed by atoms with Crippen LogP contribution in [-0.2, 0) is 7.05 Å². The molecular formula is C21H28FN5O. The minimum absolute atomic E-state index is 0.134. The Hall–Kier alpha value is -2.41. The highest BCUT2D eigenvalue weighted by atomic mass is 19.1. The van der Waals surface area contributed by atoms with Crippen LogP contribution in [0.1, 0.15) is 32.6 Å². The van der Waals surface area contributed by atoms with Gasteiger partial charge in [-0.25, -0.2) is 4.39 Å². The summed E-state index contributed by atoms with van der Waals surface area (Å²) in [6, 6.07) is 6.12. The first-order chi connectivity index (χ1) is 13.3. The molecule has 1 aliphatic carbocycles. The predicted molar refractivity (Wildman–Crippen MR) is 110 cm³/mol. The van der Waals surface area contributed by atoms with Crippen LogP contribution in [0.2, 0.25) is 0 Å². The Morgan fingerprint density at radius 2 is 1.96 bits per heavy atom. The Balaban J connectivity index is 1.63. The average molecular weight is 385 g/mol. The smallest absolute Gasteiger partial charge is 0.264 e. The van der Waals surface area contributed by atoms with Gasteiger partial charge in [-0.3, -0.25) is 9.36 Å². The number of aromatic nitrogens is 2. The highest BCUT2D eigenvalue weighted by Gasteiger charge is 2.46. The Labute approximate surface area is 164 Å². The third kappa shape index (κ3) is 2.98. The van der Waals surface area contributed by atoms with Gasteiger partial charge in [0.25, 0.3) is 5.56 Å². The number of nitrogens with two attached hydrogens (primary N) is 2. The molecular weight excluding hydrogens is 357 g/mol. The first-order valence-electron chi connectivity index (χ1n) is 9.95. The molecule has 2 heterocycles. The minimum Gasteiger partial charge on any atom is -0.383 e. The predicted octanol–water partition coefficient (Wildman–Crippen LogP) is 2.51. The van der Waals surface area contributed by atoms with Gasteiger partial charge >= 0.3 is 0 Å². The van der Waals surface area contributed by atoms with E-state index >= 15 is 0 Å². The molecule has 6 nitrogen and oxygen atoms in total. The number of hydrogen-bond donors (Lipinski definition) is 2. The molecule has 2 aromatic rings. The van der Waals surface area contributed by atoms with E-state index in [0.717, 1.165) is 25.9 Å². The SMILES string of the molecule is C[C@@H]1CCC2(CCN(c3nc(N)c(-c4cccc(F)c4)c(=O)n3C)CC2)[C@@H]1N. The third-order valence-corrected chi connectivity index (χ3v) is 6.87. The molecule has 0 radical (unpaired) electrons. The summed E-state index contributed by atoms with van der Waals surface area (Å²) in [5.74, 6) is 0.856. The molecule has 2 fully saturated rings. The number of nitrogens with zero attached hydrogens (tertiary/aromatic N) is 3. The topological polar surface area (TPSA) is 90.2 Å². The summed E-state index contributed by atoms with van der Waals surface area (Å²) in [5.41, 5.74) is 13.3. The molecule has 1 aromatic heterocycles. The summed E-state index contributed by atoms with van der Waals surface area (Å²) >= 11 is 0. The van der Waals surface area contributed by atoms with Gasteiger partial charge < -0.3 is 16.4 Å². The first kappa shape index (κ1) is 18.9. The van der Waals surface area contributed by atoms with Gasteiger partial charge in [0, 0.05) is 26.2 Å². The van der Waals surface area contributed by atoms with Crippen LogP contribution in [0.5, 0.6) is 0 Å². The van der Waals surface area contributed by atoms with Gasteiger partial charge in [-0.15, -0.1) is 0 Å². The second kappa shape index (κ2) is 6.88. The zero-order valence-electron chi connectivity index (χ0n) is 16.5. The van der Waals surface area contributed by atoms with Crippen molar-refractivity contribution in [1.29, 1.82) is 0 Å². The van der Waals surface area contributed by atoms with Crippen LogP contribution >= 0.6 is 0 Å². The van der Waals surface area contributed by atoms with Crippen LogP contribution in [-0.4, -0.2) is 28.7 Å². The van der Waals surface area contributed by atoms with Crippen molar-refractivity contribution in [3.8, 4) is 11.1 Å². The van der Waals surface area contributed by atoms with Crippen LogP contribution in [0.4, 0.5) is 16.2 Å². The molecule has 1 aliphatic heterocycles. The van der Waals surface area contributed by atoms with E-state index in [9.17, 15) is 9.18 Å². The number of hydrogen-bond acceptors (Lipinski definition) is 5. The summed E-state index contributed by atoms with van der Waals surface area (Å²) in [5, 5.41) is 0. The molecule has 1 aromatic carbocycles. The number of anilines is 2. The van der Waals surface area contributed by atoms with Gasteiger partial charge in [-0.2, -0.15) is 4.98 Å². The summed E-state index contributed by atoms with van der Waals surface area (Å²) in [4.78, 5) is 19.6. The zero-order chi connectivity index (χ0) is 20.1. The first-order valence-corrected chi connectivity index (χ1v) is 9.95. The average Bonchev–Trinajstić information content (AvgIpc) is 2.94. The van der Waals surface area contributed by atoms with E-state index in [-0.39, 0.29) is 28.4 Å². The van der Waals surface area contributed by atoms with Crippen molar-refractivity contribution < 1.29 is 4.39 Å². The minimum atomic E-state index is -0.411. The van der Waals surface area contributed by atoms with Crippen molar-refractivity contribution in [2.75, 3.05) is 23.7 Å². The van der Waals surface area contributed by atoms with Crippen molar-refractivity contribution in [3.63, 3.8) is 0 Å². The quantitative estimate of drug-likeness (QED) is 0.829. The largest absolute Gasteiger partial charge is 0.383 e. The lowest BCUT2D eigenvalue weighted by molar-refractivity contribution is 0.185. The molecule has 4 rings (SSSR count). The molecule has 0 amide bonds. The molecule has 0 bridgehead atoms. The summed E-state index contributed by atoms with van der Waals surface area (Å²) in [7, 11) is 1.70. The van der Waals surface area contributed by atoms with Gasteiger partial charge in [0.05, 0.1) is 5.56 Å². The van der Waals surface area contributed by atoms with E-state index in [1.165, 1.54) is 29.5 Å². The number of piperidine rings is 1. The summed E-state index contributed by atoms with van der Waals surface area (Å²) < 4.78 is 15.1. The molecule has 7 heteroatoms. The number of nitrogen functional groups attached to an aromatic ring is 1. The summed E-state index contributed by atoms with van der Waals surface area (Å²) in [6.45, 7) is 3.85. The second-order valence-corrected chi connectivity index (χ2v) is 8.44. The van der Waals surface area contributed by atoms with Crippen LogP contribution < -0.4 is 21.9 Å². The van der Waals surface area contributed by atoms with Crippen LogP contribution in [0, 0.1) is 17.2 Å². The van der Waals surface area contributed by atoms with Crippen molar-refractivity contribution in [3.05, 3.63) is 40.4 Å². The Kier molecular flexibility index (Phi) is 4.65. The monoisotopic (exact) mass is 385 g/mol. The number of halogens is 1. The number of rotatable bonds is 2. The molecule has 150 valence electrons. The van der Waals surface area contributed by atoms with Crippen molar-refractivity contribution in [2.45, 2.75) is 38.6 Å². The molecule has 2 atom stereocenters. The fourth-order valence-electron chi connectivity index (χ4n) is 5.01. The van der Waals surface area contributed by atoms with E-state index in [1.807, 2.05) is 0 Å². The van der Waals surface area contributed by atoms with Gasteiger partial charge in [0.15, 0.2) is 0 Å². The maximum absolute atomic E-state index is 13.6. The lowest BCUT2D eigenvalue weighted by Gasteiger charge is -2.43. The molecule has 1 saturated heterocycles. The molecule has 28 heavy (non-hydrogen) atoms. The van der Waals surface area contributed by atoms with Gasteiger partial charge in [-0.05, 0) is 54.7 Å². The highest BCUT2D eigenvalue weighted by Crippen LogP contribution is 2.48. The van der Waals surface area contributed by atoms with Gasteiger partial charge in [-0.1, -0.05) is 19.1 Å². The third-order valence-electron chi connectivity index (χ3n) is 6.87. The van der Waals surface area contributed by atoms with Crippen LogP contribution in [0.15, 0.2) is 29.1 Å². The zero-order valence-corrected chi connectivity index (χ0v) is 16.5. The Morgan fingerprint density at radius 1 is 1.25 bits per heavy atom. The number of benzene rings is 1. The van der Waals surface area contributed by atoms with E-state index < -0.39 is 5.82 Å². The van der Waals surface area contributed by atoms with E-state index in [4.69, 9.17) is 11.5 Å². The Morgan fingerprint density at radius 3 is 2.57 bits per heavy atom. The van der Waals surface area contributed by atoms with Crippen LogP contribution in [0.25, 0.3) is 11.1 Å². The molecule has 1 spiro atoms. The van der Waals surface area contributed by atoms with E-state index in [0.29, 0.717) is 17.4 Å². The lowest BCUT2D eigenvalue weighted by atomic mass is 9.73. The standard InChI is InChI=1S/C21H28FN5O/c1-13-6-7-21(17(13)23)8-10-27(11-9-21)20-25-18(24)16(19(28)26(20)2)14-4-3-5-15(22)12-14/h3-5,12-13,17H,6-11,23-24H2,1-2H3/t13-,17-/m1/s1. The second-order valence-electron chi connectivity index (χ2n) is 8.44. The van der Waals surface area contributed by atoms with E-state index in [2.05, 4.69) is 16.8 Å². The van der Waals surface area contributed by atoms with Crippen molar-refractivity contribution in [1.82, 2.24) is 9.55 Å². The van der Waals surface area contributed by atoms with Gasteiger partial charge in [0.1, 0.15) is 11.6 Å². The van der Waals surface area contributed by atoms with E-state index in [1.54, 1.807) is 19.2 Å². The van der Waals surface area contributed by atoms with Crippen LogP contribution in [0.3, 0.4) is 0 Å². The lowest BCUT2D eigenvalue weighted by Crippen LogP contribution is -2.49. The van der Waals surface area contributed by atoms with Crippen molar-refractivity contribution >= 4 is 11.8 Å². The summed E-state index contributed by atoms with van der Waals surface area (Å²) in [6.07, 6.45) is 4.36. The maximum atomic E-state index is 13.6. The molecule has 4 N–H and O–H groups in total. The fraction of sp³-hybridized carbons (Fsp3) is 0.524. The molecule has 0 unspecified atom stereocenters. The molecule has 2 aliphatic rings. The van der Waals surface area contributed by atoms with Crippen molar-refractivity contribution in [2.24, 2.45) is 24.1 Å². The maximum Gasteiger partial charge on any atom is 0.264 e. The normalized spacial score (nSPS) is 24.1. The fourth-order valence-corrected chi connectivity index (χ4v) is 5.01.